The maximum Gasteiger partial charge on any atom is 0.273 e. The fraction of sp³-hybridized carbons (Fsp3) is 0.154. The summed E-state index contributed by atoms with van der Waals surface area (Å²) in [5, 5.41) is 7.58. The fourth-order valence-corrected chi connectivity index (χ4v) is 4.61. The average molecular weight is 426 g/mol. The maximum absolute atomic E-state index is 13.5. The van der Waals surface area contributed by atoms with Crippen LogP contribution >= 0.6 is 11.8 Å². The molecular formula is C26H23N3OS. The number of hydrogen-bond acceptors (Lipinski definition) is 3. The van der Waals surface area contributed by atoms with Crippen LogP contribution in [0.5, 0.6) is 0 Å². The standard InChI is InChI=1S/C26H23N3OS/c1-17-8-10-18(11-9-17)16-29-25(20-12-14-21(31-2)15-13-20)22-23(19-6-4-3-5-7-19)27-28-24(22)26(29)30/h3-15,25H,16H2,1-2H3,(H,27,28). The molecule has 1 N–H and O–H groups in total. The molecule has 2 heterocycles. The fourth-order valence-electron chi connectivity index (χ4n) is 4.20. The van der Waals surface area contributed by atoms with Crippen LogP contribution in [0, 0.1) is 6.92 Å². The van der Waals surface area contributed by atoms with E-state index in [1.54, 1.807) is 11.8 Å². The highest BCUT2D eigenvalue weighted by Gasteiger charge is 2.42. The first-order valence-electron chi connectivity index (χ1n) is 10.3. The second-order valence-electron chi connectivity index (χ2n) is 7.82. The van der Waals surface area contributed by atoms with Crippen LogP contribution in [0.4, 0.5) is 0 Å². The third kappa shape index (κ3) is 3.55. The zero-order valence-electron chi connectivity index (χ0n) is 17.5. The number of thioether (sulfide) groups is 1. The number of fused-ring (bicyclic) bond motifs is 1. The molecule has 1 aliphatic heterocycles. The molecule has 1 aliphatic rings. The van der Waals surface area contributed by atoms with Gasteiger partial charge in [0.25, 0.3) is 5.91 Å². The molecule has 1 amide bonds. The minimum absolute atomic E-state index is 0.0100. The Bertz CT molecular complexity index is 1210. The van der Waals surface area contributed by atoms with Gasteiger partial charge in [0.15, 0.2) is 0 Å². The van der Waals surface area contributed by atoms with E-state index in [1.165, 1.54) is 10.5 Å². The molecule has 154 valence electrons. The first kappa shape index (κ1) is 19.6. The Kier molecular flexibility index (Phi) is 5.12. The van der Waals surface area contributed by atoms with Gasteiger partial charge in [-0.25, -0.2) is 0 Å². The number of nitrogens with one attached hydrogen (secondary N) is 1. The van der Waals surface area contributed by atoms with Gasteiger partial charge in [-0.1, -0.05) is 72.3 Å². The van der Waals surface area contributed by atoms with E-state index < -0.39 is 0 Å². The molecule has 0 saturated carbocycles. The van der Waals surface area contributed by atoms with Crippen molar-refractivity contribution in [1.29, 1.82) is 0 Å². The van der Waals surface area contributed by atoms with Crippen molar-refractivity contribution in [1.82, 2.24) is 15.1 Å². The SMILES string of the molecule is CSc1ccc(C2c3c(-c4ccccc4)n[nH]c3C(=O)N2Cc2ccc(C)cc2)cc1. The number of benzene rings is 3. The molecule has 0 fully saturated rings. The summed E-state index contributed by atoms with van der Waals surface area (Å²) >= 11 is 1.71. The number of hydrogen-bond donors (Lipinski definition) is 1. The summed E-state index contributed by atoms with van der Waals surface area (Å²) in [5.74, 6) is -0.0100. The van der Waals surface area contributed by atoms with E-state index in [4.69, 9.17) is 0 Å². The molecule has 0 bridgehead atoms. The van der Waals surface area contributed by atoms with Gasteiger partial charge in [-0.3, -0.25) is 9.89 Å². The second-order valence-corrected chi connectivity index (χ2v) is 8.70. The summed E-state index contributed by atoms with van der Waals surface area (Å²) in [6.07, 6.45) is 2.07. The number of H-pyrrole nitrogens is 1. The molecule has 1 unspecified atom stereocenters. The van der Waals surface area contributed by atoms with Crippen LogP contribution < -0.4 is 0 Å². The van der Waals surface area contributed by atoms with Crippen LogP contribution in [0.1, 0.15) is 38.8 Å². The predicted molar refractivity (Wildman–Crippen MR) is 125 cm³/mol. The molecule has 31 heavy (non-hydrogen) atoms. The van der Waals surface area contributed by atoms with Crippen molar-refractivity contribution in [2.45, 2.75) is 24.4 Å². The van der Waals surface area contributed by atoms with Crippen LogP contribution in [-0.2, 0) is 6.54 Å². The Hall–Kier alpha value is -3.31. The van der Waals surface area contributed by atoms with Gasteiger partial charge in [0, 0.05) is 22.6 Å². The van der Waals surface area contributed by atoms with Crippen molar-refractivity contribution in [3.8, 4) is 11.3 Å². The Morgan fingerprint density at radius 1 is 0.968 bits per heavy atom. The highest BCUT2D eigenvalue weighted by atomic mass is 32.2. The van der Waals surface area contributed by atoms with Gasteiger partial charge in [0.05, 0.1) is 11.7 Å². The molecule has 5 rings (SSSR count). The van der Waals surface area contributed by atoms with Crippen LogP contribution in [0.3, 0.4) is 0 Å². The van der Waals surface area contributed by atoms with Crippen LogP contribution in [-0.4, -0.2) is 27.3 Å². The largest absolute Gasteiger partial charge is 0.322 e. The number of carbonyl (C=O) groups is 1. The smallest absolute Gasteiger partial charge is 0.273 e. The molecule has 5 heteroatoms. The van der Waals surface area contributed by atoms with Gasteiger partial charge < -0.3 is 4.90 Å². The van der Waals surface area contributed by atoms with E-state index >= 15 is 0 Å². The summed E-state index contributed by atoms with van der Waals surface area (Å²) in [6, 6.07) is 26.8. The van der Waals surface area contributed by atoms with Crippen LogP contribution in [0.2, 0.25) is 0 Å². The van der Waals surface area contributed by atoms with Gasteiger partial charge in [-0.05, 0) is 36.4 Å². The second kappa shape index (κ2) is 8.08. The third-order valence-electron chi connectivity index (χ3n) is 5.82. The molecular weight excluding hydrogens is 402 g/mol. The zero-order chi connectivity index (χ0) is 21.4. The van der Waals surface area contributed by atoms with Crippen molar-refractivity contribution in [2.75, 3.05) is 6.26 Å². The first-order valence-corrected chi connectivity index (χ1v) is 11.5. The number of rotatable bonds is 5. The zero-order valence-corrected chi connectivity index (χ0v) is 18.3. The van der Waals surface area contributed by atoms with Crippen molar-refractivity contribution >= 4 is 17.7 Å². The van der Waals surface area contributed by atoms with Gasteiger partial charge in [0.2, 0.25) is 0 Å². The topological polar surface area (TPSA) is 49.0 Å². The number of aryl methyl sites for hydroxylation is 1. The number of carbonyl (C=O) groups excluding carboxylic acids is 1. The molecule has 1 atom stereocenters. The van der Waals surface area contributed by atoms with Crippen LogP contribution in [0.15, 0.2) is 83.8 Å². The van der Waals surface area contributed by atoms with E-state index in [2.05, 4.69) is 71.9 Å². The summed E-state index contributed by atoms with van der Waals surface area (Å²) in [7, 11) is 0. The monoisotopic (exact) mass is 425 g/mol. The summed E-state index contributed by atoms with van der Waals surface area (Å²) in [6.45, 7) is 2.62. The highest BCUT2D eigenvalue weighted by Crippen LogP contribution is 2.43. The van der Waals surface area contributed by atoms with E-state index in [0.717, 1.165) is 27.9 Å². The molecule has 1 aromatic heterocycles. The lowest BCUT2D eigenvalue weighted by Gasteiger charge is -2.26. The van der Waals surface area contributed by atoms with Crippen molar-refractivity contribution in [2.24, 2.45) is 0 Å². The average Bonchev–Trinajstić information content (AvgIpc) is 3.35. The molecule has 4 nitrogen and oxygen atoms in total. The Morgan fingerprint density at radius 2 is 1.68 bits per heavy atom. The lowest BCUT2D eigenvalue weighted by Crippen LogP contribution is -2.29. The van der Waals surface area contributed by atoms with E-state index in [9.17, 15) is 4.79 Å². The highest BCUT2D eigenvalue weighted by molar-refractivity contribution is 7.98. The Morgan fingerprint density at radius 3 is 2.35 bits per heavy atom. The van der Waals surface area contributed by atoms with E-state index in [0.29, 0.717) is 12.2 Å². The van der Waals surface area contributed by atoms with Crippen molar-refractivity contribution in [3.63, 3.8) is 0 Å². The Balaban J connectivity index is 1.62. The molecule has 0 spiro atoms. The van der Waals surface area contributed by atoms with Gasteiger partial charge in [0.1, 0.15) is 5.69 Å². The quantitative estimate of drug-likeness (QED) is 0.408. The van der Waals surface area contributed by atoms with Crippen molar-refractivity contribution in [3.05, 3.63) is 107 Å². The predicted octanol–water partition coefficient (Wildman–Crippen LogP) is 5.85. The molecule has 4 aromatic rings. The summed E-state index contributed by atoms with van der Waals surface area (Å²) < 4.78 is 0. The number of nitrogens with zero attached hydrogens (tertiary/aromatic N) is 2. The minimum atomic E-state index is -0.186. The van der Waals surface area contributed by atoms with Gasteiger partial charge in [-0.2, -0.15) is 5.10 Å². The Labute approximate surface area is 186 Å². The maximum atomic E-state index is 13.5. The normalized spacial score (nSPS) is 15.4. The first-order chi connectivity index (χ1) is 15.2. The van der Waals surface area contributed by atoms with Crippen LogP contribution in [0.25, 0.3) is 11.3 Å². The molecule has 0 saturated heterocycles. The number of aromatic amines is 1. The van der Waals surface area contributed by atoms with E-state index in [-0.39, 0.29) is 11.9 Å². The molecule has 3 aromatic carbocycles. The summed E-state index contributed by atoms with van der Waals surface area (Å²) in [4.78, 5) is 16.6. The van der Waals surface area contributed by atoms with Gasteiger partial charge in [-0.15, -0.1) is 11.8 Å². The molecule has 0 aliphatic carbocycles. The van der Waals surface area contributed by atoms with Gasteiger partial charge >= 0.3 is 0 Å². The van der Waals surface area contributed by atoms with Crippen molar-refractivity contribution < 1.29 is 4.79 Å². The third-order valence-corrected chi connectivity index (χ3v) is 6.56. The number of aromatic nitrogens is 2. The summed E-state index contributed by atoms with van der Waals surface area (Å²) in [5.41, 5.74) is 6.82. The van der Waals surface area contributed by atoms with E-state index in [1.807, 2.05) is 35.2 Å². The molecule has 0 radical (unpaired) electrons. The lowest BCUT2D eigenvalue weighted by molar-refractivity contribution is 0.0730. The number of amides is 1. The lowest BCUT2D eigenvalue weighted by atomic mass is 9.96. The minimum Gasteiger partial charge on any atom is -0.322 e.